The smallest absolute Gasteiger partial charge is 0.368 e. The first-order valence-electron chi connectivity index (χ1n) is 11.2. The van der Waals surface area contributed by atoms with Crippen molar-refractivity contribution in [2.45, 2.75) is 12.6 Å². The number of anilines is 1. The number of thiophene rings is 1. The number of hydrogen-bond acceptors (Lipinski definition) is 5. The number of alkyl halides is 3. The van der Waals surface area contributed by atoms with Gasteiger partial charge in [-0.25, -0.2) is 9.36 Å². The van der Waals surface area contributed by atoms with Crippen molar-refractivity contribution in [3.05, 3.63) is 91.9 Å². The monoisotopic (exact) mass is 514 g/mol. The summed E-state index contributed by atoms with van der Waals surface area (Å²) in [5, 5.41) is 1.74. The lowest BCUT2D eigenvalue weighted by molar-refractivity contribution is -0.137. The van der Waals surface area contributed by atoms with E-state index in [4.69, 9.17) is 0 Å². The van der Waals surface area contributed by atoms with Crippen LogP contribution in [-0.2, 0) is 17.4 Å². The Morgan fingerprint density at radius 3 is 2.36 bits per heavy atom. The second-order valence-corrected chi connectivity index (χ2v) is 9.41. The van der Waals surface area contributed by atoms with Gasteiger partial charge in [0, 0.05) is 31.9 Å². The second-order valence-electron chi connectivity index (χ2n) is 8.49. The molecule has 0 atom stereocenters. The largest absolute Gasteiger partial charge is 0.416 e. The Balaban J connectivity index is 1.23. The van der Waals surface area contributed by atoms with Gasteiger partial charge in [0.1, 0.15) is 4.70 Å². The predicted molar refractivity (Wildman–Crippen MR) is 132 cm³/mol. The third kappa shape index (κ3) is 4.66. The van der Waals surface area contributed by atoms with Crippen LogP contribution in [0.25, 0.3) is 15.9 Å². The first kappa shape index (κ1) is 23.9. The Kier molecular flexibility index (Phi) is 6.17. The van der Waals surface area contributed by atoms with Gasteiger partial charge in [0.15, 0.2) is 0 Å². The Bertz CT molecular complexity index is 1530. The zero-order valence-electron chi connectivity index (χ0n) is 18.9. The van der Waals surface area contributed by atoms with Gasteiger partial charge in [-0.05, 0) is 47.3 Å². The van der Waals surface area contributed by atoms with Crippen molar-refractivity contribution in [3.8, 4) is 5.69 Å². The normalized spacial score (nSPS) is 14.4. The fraction of sp³-hybridized carbons (Fsp3) is 0.240. The highest BCUT2D eigenvalue weighted by Gasteiger charge is 2.31. The molecule has 3 heterocycles. The van der Waals surface area contributed by atoms with Crippen molar-refractivity contribution in [2.24, 2.45) is 0 Å². The average Bonchev–Trinajstić information content (AvgIpc) is 3.33. The number of carbonyl (C=O) groups excluding carboxylic acids is 1. The summed E-state index contributed by atoms with van der Waals surface area (Å²) in [6.45, 7) is 1.67. The van der Waals surface area contributed by atoms with Crippen molar-refractivity contribution < 1.29 is 18.0 Å². The third-order valence-electron chi connectivity index (χ3n) is 6.23. The standard InChI is InChI=1S/C25H21F3N4O3S/c26-25(27,28)17-2-1-3-19(15-17)30-9-11-31(12-10-30)21(33)14-16-4-6-18(7-5-16)32-23(34)22-20(8-13-36-22)29-24(32)35/h1-8,13,15H,9-12,14H2,(H,29,35). The molecule has 0 spiro atoms. The third-order valence-corrected chi connectivity index (χ3v) is 7.13. The molecule has 0 aliphatic carbocycles. The van der Waals surface area contributed by atoms with E-state index in [2.05, 4.69) is 4.98 Å². The fourth-order valence-corrected chi connectivity index (χ4v) is 5.09. The molecule has 1 N–H and O–H groups in total. The van der Waals surface area contributed by atoms with Crippen molar-refractivity contribution in [1.82, 2.24) is 14.5 Å². The van der Waals surface area contributed by atoms with E-state index >= 15 is 0 Å². The summed E-state index contributed by atoms with van der Waals surface area (Å²) < 4.78 is 40.6. The minimum Gasteiger partial charge on any atom is -0.368 e. The van der Waals surface area contributed by atoms with E-state index in [0.717, 1.165) is 22.3 Å². The summed E-state index contributed by atoms with van der Waals surface area (Å²) >= 11 is 1.25. The number of hydrogen-bond donors (Lipinski definition) is 1. The number of nitrogens with zero attached hydrogens (tertiary/aromatic N) is 3. The molecular formula is C25H21F3N4O3S. The number of aromatic amines is 1. The maximum atomic E-state index is 13.0. The van der Waals surface area contributed by atoms with Crippen LogP contribution < -0.4 is 16.1 Å². The van der Waals surface area contributed by atoms with Crippen LogP contribution in [0.1, 0.15) is 11.1 Å². The summed E-state index contributed by atoms with van der Waals surface area (Å²) in [5.41, 5.74) is 0.495. The summed E-state index contributed by atoms with van der Waals surface area (Å²) in [6.07, 6.45) is -4.26. The first-order chi connectivity index (χ1) is 17.2. The summed E-state index contributed by atoms with van der Waals surface area (Å²) in [4.78, 5) is 44.2. The van der Waals surface area contributed by atoms with Crippen molar-refractivity contribution in [3.63, 3.8) is 0 Å². The Morgan fingerprint density at radius 2 is 1.67 bits per heavy atom. The van der Waals surface area contributed by atoms with Gasteiger partial charge >= 0.3 is 11.9 Å². The van der Waals surface area contributed by atoms with Crippen molar-refractivity contribution in [1.29, 1.82) is 0 Å². The van der Waals surface area contributed by atoms with Crippen LogP contribution in [-0.4, -0.2) is 46.5 Å². The fourth-order valence-electron chi connectivity index (χ4n) is 4.31. The lowest BCUT2D eigenvalue weighted by atomic mass is 10.1. The van der Waals surface area contributed by atoms with E-state index < -0.39 is 23.0 Å². The number of halogens is 3. The molecule has 1 amide bonds. The molecule has 1 aliphatic heterocycles. The highest BCUT2D eigenvalue weighted by atomic mass is 32.1. The van der Waals surface area contributed by atoms with E-state index in [0.29, 0.717) is 47.8 Å². The summed E-state index contributed by atoms with van der Waals surface area (Å²) in [7, 11) is 0. The number of rotatable bonds is 4. The molecule has 1 aliphatic rings. The molecule has 4 aromatic rings. The van der Waals surface area contributed by atoms with Gasteiger partial charge in [-0.1, -0.05) is 18.2 Å². The van der Waals surface area contributed by atoms with Gasteiger partial charge < -0.3 is 14.8 Å². The number of amides is 1. The van der Waals surface area contributed by atoms with E-state index in [1.54, 1.807) is 46.7 Å². The Hall–Kier alpha value is -3.86. The summed E-state index contributed by atoms with van der Waals surface area (Å²) in [6, 6.07) is 13.6. The maximum Gasteiger partial charge on any atom is 0.416 e. The van der Waals surface area contributed by atoms with Gasteiger partial charge in [-0.15, -0.1) is 11.3 Å². The number of benzene rings is 2. The number of H-pyrrole nitrogens is 1. The quantitative estimate of drug-likeness (QED) is 0.451. The molecule has 0 radical (unpaired) electrons. The van der Waals surface area contributed by atoms with Gasteiger partial charge in [-0.2, -0.15) is 13.2 Å². The van der Waals surface area contributed by atoms with Crippen LogP contribution in [0.2, 0.25) is 0 Å². The number of aromatic nitrogens is 2. The van der Waals surface area contributed by atoms with Gasteiger partial charge in [0.05, 0.1) is 23.2 Å². The molecule has 2 aromatic heterocycles. The number of carbonyl (C=O) groups is 1. The van der Waals surface area contributed by atoms with Crippen LogP contribution in [0.3, 0.4) is 0 Å². The first-order valence-corrected chi connectivity index (χ1v) is 12.1. The van der Waals surface area contributed by atoms with Gasteiger partial charge in [0.2, 0.25) is 5.91 Å². The molecule has 5 rings (SSSR count). The lowest BCUT2D eigenvalue weighted by Gasteiger charge is -2.36. The second kappa shape index (κ2) is 9.30. The molecule has 0 saturated carbocycles. The number of fused-ring (bicyclic) bond motifs is 1. The van der Waals surface area contributed by atoms with E-state index in [-0.39, 0.29) is 12.3 Å². The predicted octanol–water partition coefficient (Wildman–Crippen LogP) is 3.65. The van der Waals surface area contributed by atoms with E-state index in [1.807, 2.05) is 4.90 Å². The SMILES string of the molecule is O=C(Cc1ccc(-n2c(=O)[nH]c3ccsc3c2=O)cc1)N1CCN(c2cccc(C(F)(F)F)c2)CC1. The average molecular weight is 515 g/mol. The van der Waals surface area contributed by atoms with Gasteiger partial charge in [0.25, 0.3) is 5.56 Å². The molecule has 11 heteroatoms. The molecule has 1 fully saturated rings. The molecule has 0 unspecified atom stereocenters. The minimum absolute atomic E-state index is 0.0959. The molecular weight excluding hydrogens is 493 g/mol. The zero-order chi connectivity index (χ0) is 25.4. The van der Waals surface area contributed by atoms with Crippen LogP contribution >= 0.6 is 11.3 Å². The summed E-state index contributed by atoms with van der Waals surface area (Å²) in [5.74, 6) is -0.0959. The van der Waals surface area contributed by atoms with E-state index in [9.17, 15) is 27.6 Å². The molecule has 1 saturated heterocycles. The highest BCUT2D eigenvalue weighted by molar-refractivity contribution is 7.17. The Morgan fingerprint density at radius 1 is 0.944 bits per heavy atom. The van der Waals surface area contributed by atoms with Crippen LogP contribution in [0.15, 0.2) is 69.6 Å². The molecule has 7 nitrogen and oxygen atoms in total. The van der Waals surface area contributed by atoms with Crippen LogP contribution in [0.5, 0.6) is 0 Å². The van der Waals surface area contributed by atoms with Crippen molar-refractivity contribution >= 4 is 33.1 Å². The van der Waals surface area contributed by atoms with Crippen LogP contribution in [0.4, 0.5) is 18.9 Å². The maximum absolute atomic E-state index is 13.0. The lowest BCUT2D eigenvalue weighted by Crippen LogP contribution is -2.49. The molecule has 186 valence electrons. The Labute approximate surface area is 207 Å². The zero-order valence-corrected chi connectivity index (χ0v) is 19.7. The molecule has 0 bridgehead atoms. The number of nitrogens with one attached hydrogen (secondary N) is 1. The number of piperazine rings is 1. The van der Waals surface area contributed by atoms with Crippen LogP contribution in [0, 0.1) is 0 Å². The molecule has 36 heavy (non-hydrogen) atoms. The molecule has 2 aromatic carbocycles. The van der Waals surface area contributed by atoms with Gasteiger partial charge in [-0.3, -0.25) is 9.59 Å². The van der Waals surface area contributed by atoms with E-state index in [1.165, 1.54) is 17.4 Å². The van der Waals surface area contributed by atoms with Crippen molar-refractivity contribution in [2.75, 3.05) is 31.1 Å². The highest BCUT2D eigenvalue weighted by Crippen LogP contribution is 2.32. The minimum atomic E-state index is -4.40. The topological polar surface area (TPSA) is 78.4 Å².